The van der Waals surface area contributed by atoms with Gasteiger partial charge in [0.25, 0.3) is 0 Å². The standard InChI is InChI=1S/C16H31N3O/c1-16(2)6-3-4-14(15(16)17)19-7-5-13(12-19)18-8-10-20-11-9-18/h13-15H,3-12,17H2,1-2H3. The van der Waals surface area contributed by atoms with E-state index in [2.05, 4.69) is 23.6 Å². The van der Waals surface area contributed by atoms with E-state index in [1.165, 1.54) is 38.8 Å². The zero-order chi connectivity index (χ0) is 14.2. The van der Waals surface area contributed by atoms with Crippen molar-refractivity contribution < 1.29 is 4.74 Å². The van der Waals surface area contributed by atoms with E-state index in [1.54, 1.807) is 0 Å². The lowest BCUT2D eigenvalue weighted by Gasteiger charge is -2.45. The van der Waals surface area contributed by atoms with Gasteiger partial charge in [-0.1, -0.05) is 20.3 Å². The molecule has 3 unspecified atom stereocenters. The molecule has 0 radical (unpaired) electrons. The second-order valence-corrected chi connectivity index (χ2v) is 7.56. The fourth-order valence-electron chi connectivity index (χ4n) is 4.35. The zero-order valence-corrected chi connectivity index (χ0v) is 13.2. The molecule has 0 aromatic heterocycles. The maximum Gasteiger partial charge on any atom is 0.0594 e. The number of hydrogen-bond acceptors (Lipinski definition) is 4. The van der Waals surface area contributed by atoms with Crippen LogP contribution < -0.4 is 5.73 Å². The molecule has 4 heteroatoms. The Balaban J connectivity index is 1.59. The summed E-state index contributed by atoms with van der Waals surface area (Å²) in [6, 6.07) is 1.67. The van der Waals surface area contributed by atoms with E-state index in [4.69, 9.17) is 10.5 Å². The molecule has 0 aromatic carbocycles. The minimum atomic E-state index is 0.306. The lowest BCUT2D eigenvalue weighted by Crippen LogP contribution is -2.57. The van der Waals surface area contributed by atoms with E-state index < -0.39 is 0 Å². The van der Waals surface area contributed by atoms with Crippen LogP contribution in [0.2, 0.25) is 0 Å². The van der Waals surface area contributed by atoms with Crippen LogP contribution in [0, 0.1) is 5.41 Å². The first-order valence-corrected chi connectivity index (χ1v) is 8.39. The van der Waals surface area contributed by atoms with E-state index in [0.29, 0.717) is 17.5 Å². The predicted molar refractivity (Wildman–Crippen MR) is 81.8 cm³/mol. The highest BCUT2D eigenvalue weighted by Gasteiger charge is 2.41. The highest BCUT2D eigenvalue weighted by atomic mass is 16.5. The lowest BCUT2D eigenvalue weighted by molar-refractivity contribution is 0.0147. The first kappa shape index (κ1) is 14.8. The van der Waals surface area contributed by atoms with Crippen molar-refractivity contribution >= 4 is 0 Å². The summed E-state index contributed by atoms with van der Waals surface area (Å²) in [5.74, 6) is 0. The van der Waals surface area contributed by atoms with Crippen molar-refractivity contribution in [1.82, 2.24) is 9.80 Å². The van der Waals surface area contributed by atoms with Gasteiger partial charge in [0.05, 0.1) is 13.2 Å². The van der Waals surface area contributed by atoms with Gasteiger partial charge in [0.1, 0.15) is 0 Å². The van der Waals surface area contributed by atoms with Crippen molar-refractivity contribution in [1.29, 1.82) is 0 Å². The first-order chi connectivity index (χ1) is 9.58. The van der Waals surface area contributed by atoms with E-state index in [1.807, 2.05) is 0 Å². The molecule has 3 fully saturated rings. The van der Waals surface area contributed by atoms with Gasteiger partial charge < -0.3 is 10.5 Å². The fraction of sp³-hybridized carbons (Fsp3) is 1.00. The van der Waals surface area contributed by atoms with Crippen LogP contribution in [0.25, 0.3) is 0 Å². The largest absolute Gasteiger partial charge is 0.379 e. The molecule has 1 saturated carbocycles. The number of hydrogen-bond donors (Lipinski definition) is 1. The maximum absolute atomic E-state index is 6.59. The quantitative estimate of drug-likeness (QED) is 0.828. The Morgan fingerprint density at radius 3 is 2.55 bits per heavy atom. The molecule has 0 bridgehead atoms. The van der Waals surface area contributed by atoms with Crippen molar-refractivity contribution in [3.8, 4) is 0 Å². The van der Waals surface area contributed by atoms with Gasteiger partial charge in [-0.3, -0.25) is 9.80 Å². The van der Waals surface area contributed by atoms with E-state index >= 15 is 0 Å². The Hall–Kier alpha value is -0.160. The van der Waals surface area contributed by atoms with Crippen molar-refractivity contribution in [2.24, 2.45) is 11.1 Å². The van der Waals surface area contributed by atoms with Crippen LogP contribution in [0.5, 0.6) is 0 Å². The second kappa shape index (κ2) is 5.91. The Kier molecular flexibility index (Phi) is 4.37. The summed E-state index contributed by atoms with van der Waals surface area (Å²) >= 11 is 0. The Morgan fingerprint density at radius 2 is 1.80 bits per heavy atom. The number of nitrogens with zero attached hydrogens (tertiary/aromatic N) is 2. The summed E-state index contributed by atoms with van der Waals surface area (Å²) in [4.78, 5) is 5.31. The number of ether oxygens (including phenoxy) is 1. The average molecular weight is 281 g/mol. The normalized spacial score (nSPS) is 40.0. The van der Waals surface area contributed by atoms with Gasteiger partial charge in [-0.05, 0) is 24.7 Å². The van der Waals surface area contributed by atoms with E-state index in [-0.39, 0.29) is 0 Å². The third-order valence-electron chi connectivity index (χ3n) is 5.86. The molecule has 2 heterocycles. The molecule has 3 rings (SSSR count). The third kappa shape index (κ3) is 2.89. The van der Waals surface area contributed by atoms with Crippen LogP contribution in [0.1, 0.15) is 39.5 Å². The Morgan fingerprint density at radius 1 is 1.05 bits per heavy atom. The number of nitrogens with two attached hydrogens (primary N) is 1. The van der Waals surface area contributed by atoms with Gasteiger partial charge in [-0.15, -0.1) is 0 Å². The summed E-state index contributed by atoms with van der Waals surface area (Å²) in [5.41, 5.74) is 6.89. The van der Waals surface area contributed by atoms with Crippen molar-refractivity contribution in [3.63, 3.8) is 0 Å². The molecule has 3 aliphatic rings. The SMILES string of the molecule is CC1(C)CCCC(N2CCC(N3CCOCC3)C2)C1N. The third-order valence-corrected chi connectivity index (χ3v) is 5.86. The van der Waals surface area contributed by atoms with Crippen LogP contribution in [-0.2, 0) is 4.74 Å². The maximum atomic E-state index is 6.59. The zero-order valence-electron chi connectivity index (χ0n) is 13.2. The predicted octanol–water partition coefficient (Wildman–Crippen LogP) is 1.30. The Labute approximate surface area is 123 Å². The lowest BCUT2D eigenvalue weighted by atomic mass is 9.71. The second-order valence-electron chi connectivity index (χ2n) is 7.56. The van der Waals surface area contributed by atoms with E-state index in [0.717, 1.165) is 32.3 Å². The van der Waals surface area contributed by atoms with Crippen molar-refractivity contribution in [2.45, 2.75) is 57.7 Å². The number of likely N-dealkylation sites (tertiary alicyclic amines) is 1. The minimum absolute atomic E-state index is 0.306. The topological polar surface area (TPSA) is 41.7 Å². The fourth-order valence-corrected chi connectivity index (χ4v) is 4.35. The highest BCUT2D eigenvalue weighted by molar-refractivity contribution is 4.99. The minimum Gasteiger partial charge on any atom is -0.379 e. The molecule has 4 nitrogen and oxygen atoms in total. The molecular weight excluding hydrogens is 250 g/mol. The number of rotatable bonds is 2. The van der Waals surface area contributed by atoms with Crippen LogP contribution in [0.15, 0.2) is 0 Å². The molecule has 0 amide bonds. The molecular formula is C16H31N3O. The van der Waals surface area contributed by atoms with Gasteiger partial charge in [-0.2, -0.15) is 0 Å². The molecule has 2 aliphatic heterocycles. The van der Waals surface area contributed by atoms with E-state index in [9.17, 15) is 0 Å². The highest BCUT2D eigenvalue weighted by Crippen LogP contribution is 2.37. The molecule has 0 spiro atoms. The van der Waals surface area contributed by atoms with Gasteiger partial charge in [0, 0.05) is 44.3 Å². The first-order valence-electron chi connectivity index (χ1n) is 8.39. The van der Waals surface area contributed by atoms with Crippen LogP contribution >= 0.6 is 0 Å². The van der Waals surface area contributed by atoms with Crippen LogP contribution in [0.4, 0.5) is 0 Å². The van der Waals surface area contributed by atoms with Gasteiger partial charge in [-0.25, -0.2) is 0 Å². The molecule has 3 atom stereocenters. The van der Waals surface area contributed by atoms with Crippen molar-refractivity contribution in [2.75, 3.05) is 39.4 Å². The number of morpholine rings is 1. The summed E-state index contributed by atoms with van der Waals surface area (Å²) in [6.07, 6.45) is 5.22. The van der Waals surface area contributed by atoms with Crippen LogP contribution in [0.3, 0.4) is 0 Å². The molecule has 0 aromatic rings. The molecule has 116 valence electrons. The smallest absolute Gasteiger partial charge is 0.0594 e. The van der Waals surface area contributed by atoms with Gasteiger partial charge >= 0.3 is 0 Å². The summed E-state index contributed by atoms with van der Waals surface area (Å²) in [6.45, 7) is 11.2. The average Bonchev–Trinajstić information content (AvgIpc) is 2.92. The van der Waals surface area contributed by atoms with Crippen LogP contribution in [-0.4, -0.2) is 67.3 Å². The molecule has 1 aliphatic carbocycles. The molecule has 2 saturated heterocycles. The summed E-state index contributed by atoms with van der Waals surface area (Å²) in [7, 11) is 0. The van der Waals surface area contributed by atoms with Crippen molar-refractivity contribution in [3.05, 3.63) is 0 Å². The van der Waals surface area contributed by atoms with Gasteiger partial charge in [0.15, 0.2) is 0 Å². The summed E-state index contributed by atoms with van der Waals surface area (Å²) < 4.78 is 5.47. The molecule has 20 heavy (non-hydrogen) atoms. The molecule has 2 N–H and O–H groups in total. The monoisotopic (exact) mass is 281 g/mol. The summed E-state index contributed by atoms with van der Waals surface area (Å²) in [5, 5.41) is 0. The Bertz CT molecular complexity index is 328. The van der Waals surface area contributed by atoms with Gasteiger partial charge in [0.2, 0.25) is 0 Å².